The molecule has 134 valence electrons. The van der Waals surface area contributed by atoms with Gasteiger partial charge < -0.3 is 15.2 Å². The highest BCUT2D eigenvalue weighted by Gasteiger charge is 2.32. The number of aromatic amines is 1. The van der Waals surface area contributed by atoms with Gasteiger partial charge in [-0.25, -0.2) is 4.79 Å². The molecule has 1 aliphatic rings. The summed E-state index contributed by atoms with van der Waals surface area (Å²) in [7, 11) is 1.94. The molecule has 3 rings (SSSR count). The van der Waals surface area contributed by atoms with Crippen LogP contribution in [0.3, 0.4) is 0 Å². The van der Waals surface area contributed by atoms with Gasteiger partial charge in [-0.05, 0) is 30.4 Å². The number of carbonyl (C=O) groups excluding carboxylic acids is 1. The van der Waals surface area contributed by atoms with Crippen LogP contribution < -0.4 is 10.9 Å². The number of hydrogen-bond acceptors (Lipinski definition) is 3. The van der Waals surface area contributed by atoms with E-state index in [1.165, 1.54) is 11.8 Å². The van der Waals surface area contributed by atoms with Crippen LogP contribution in [0, 0.1) is 5.41 Å². The van der Waals surface area contributed by atoms with E-state index in [0.29, 0.717) is 13.1 Å². The van der Waals surface area contributed by atoms with Crippen LogP contribution in [0.2, 0.25) is 0 Å². The minimum Gasteiger partial charge on any atom is -0.331 e. The van der Waals surface area contributed by atoms with Crippen molar-refractivity contribution in [3.05, 3.63) is 51.7 Å². The molecule has 0 spiro atoms. The summed E-state index contributed by atoms with van der Waals surface area (Å²) in [5.74, 6) is 0. The zero-order chi connectivity index (χ0) is 18.2. The molecule has 0 bridgehead atoms. The molecule has 7 heteroatoms. The highest BCUT2D eigenvalue weighted by molar-refractivity contribution is 5.75. The summed E-state index contributed by atoms with van der Waals surface area (Å²) in [5, 5.41) is 7.34. The maximum absolute atomic E-state index is 12.8. The van der Waals surface area contributed by atoms with Gasteiger partial charge in [-0.1, -0.05) is 13.8 Å². The Balaban J connectivity index is 1.78. The third-order valence-electron chi connectivity index (χ3n) is 4.70. The topological polar surface area (TPSA) is 83.0 Å². The SMILES string of the molecule is CC(NC(=O)N1Cc2cnn(C)c2CC(C)(C)C1)c1cc[nH]c(=O)c1. The number of rotatable bonds is 2. The lowest BCUT2D eigenvalue weighted by atomic mass is 9.87. The first kappa shape index (κ1) is 17.3. The summed E-state index contributed by atoms with van der Waals surface area (Å²) >= 11 is 0. The molecule has 2 aromatic rings. The van der Waals surface area contributed by atoms with Crippen LogP contribution in [0.15, 0.2) is 29.3 Å². The van der Waals surface area contributed by atoms with Gasteiger partial charge in [0.1, 0.15) is 0 Å². The van der Waals surface area contributed by atoms with Gasteiger partial charge in [-0.2, -0.15) is 5.10 Å². The molecular weight excluding hydrogens is 318 g/mol. The van der Waals surface area contributed by atoms with Gasteiger partial charge in [0.15, 0.2) is 0 Å². The monoisotopic (exact) mass is 343 g/mol. The molecule has 0 aromatic carbocycles. The van der Waals surface area contributed by atoms with Gasteiger partial charge >= 0.3 is 6.03 Å². The van der Waals surface area contributed by atoms with Crippen LogP contribution in [0.1, 0.15) is 43.6 Å². The third kappa shape index (κ3) is 3.75. The molecule has 0 radical (unpaired) electrons. The third-order valence-corrected chi connectivity index (χ3v) is 4.70. The Morgan fingerprint density at radius 3 is 2.92 bits per heavy atom. The minimum absolute atomic E-state index is 0.0382. The largest absolute Gasteiger partial charge is 0.331 e. The molecule has 2 N–H and O–H groups in total. The molecule has 0 fully saturated rings. The number of H-pyrrole nitrogens is 1. The Kier molecular flexibility index (Phi) is 4.41. The number of nitrogens with one attached hydrogen (secondary N) is 2. The second kappa shape index (κ2) is 6.38. The van der Waals surface area contributed by atoms with Gasteiger partial charge in [0.05, 0.1) is 18.8 Å². The fourth-order valence-electron chi connectivity index (χ4n) is 3.39. The first-order valence-electron chi connectivity index (χ1n) is 8.49. The molecule has 1 unspecified atom stereocenters. The zero-order valence-electron chi connectivity index (χ0n) is 15.2. The molecule has 3 heterocycles. The van der Waals surface area contributed by atoms with E-state index in [-0.39, 0.29) is 23.0 Å². The number of amides is 2. The number of pyridine rings is 1. The van der Waals surface area contributed by atoms with Crippen LogP contribution in [0.25, 0.3) is 0 Å². The molecule has 1 atom stereocenters. The quantitative estimate of drug-likeness (QED) is 0.874. The standard InChI is InChI=1S/C18H25N5O2/c1-12(13-5-6-19-16(24)7-13)21-17(25)23-10-14-9-20-22(4)15(14)8-18(2,3)11-23/h5-7,9,12H,8,10-11H2,1-4H3,(H,19,24)(H,21,25). The molecule has 2 aromatic heterocycles. The molecule has 25 heavy (non-hydrogen) atoms. The van der Waals surface area contributed by atoms with Crippen LogP contribution in [0.5, 0.6) is 0 Å². The van der Waals surface area contributed by atoms with Gasteiger partial charge in [-0.15, -0.1) is 0 Å². The van der Waals surface area contributed by atoms with Crippen molar-refractivity contribution in [1.82, 2.24) is 25.0 Å². The van der Waals surface area contributed by atoms with Crippen molar-refractivity contribution in [2.24, 2.45) is 12.5 Å². The van der Waals surface area contributed by atoms with Crippen molar-refractivity contribution >= 4 is 6.03 Å². The predicted molar refractivity (Wildman–Crippen MR) is 95.1 cm³/mol. The van der Waals surface area contributed by atoms with Crippen molar-refractivity contribution in [3.8, 4) is 0 Å². The minimum atomic E-state index is -0.241. The van der Waals surface area contributed by atoms with Crippen molar-refractivity contribution in [2.75, 3.05) is 6.54 Å². The van der Waals surface area contributed by atoms with Crippen molar-refractivity contribution in [2.45, 2.75) is 39.8 Å². The van der Waals surface area contributed by atoms with E-state index >= 15 is 0 Å². The molecule has 0 saturated heterocycles. The predicted octanol–water partition coefficient (Wildman–Crippen LogP) is 1.96. The summed E-state index contributed by atoms with van der Waals surface area (Å²) in [6.07, 6.45) is 4.32. The van der Waals surface area contributed by atoms with E-state index in [1.54, 1.807) is 12.3 Å². The maximum Gasteiger partial charge on any atom is 0.318 e. The Labute approximate surface area is 147 Å². The average molecular weight is 343 g/mol. The maximum atomic E-state index is 12.8. The summed E-state index contributed by atoms with van der Waals surface area (Å²) in [4.78, 5) is 28.7. The molecule has 1 aliphatic heterocycles. The number of hydrogen-bond donors (Lipinski definition) is 2. The first-order chi connectivity index (χ1) is 11.7. The number of nitrogens with zero attached hydrogens (tertiary/aromatic N) is 3. The molecular formula is C18H25N5O2. The van der Waals surface area contributed by atoms with E-state index in [4.69, 9.17) is 0 Å². The van der Waals surface area contributed by atoms with E-state index in [9.17, 15) is 9.59 Å². The van der Waals surface area contributed by atoms with E-state index in [2.05, 4.69) is 29.2 Å². The molecule has 0 saturated carbocycles. The average Bonchev–Trinajstić information content (AvgIpc) is 2.78. The second-order valence-electron chi connectivity index (χ2n) is 7.59. The Hall–Kier alpha value is -2.57. The lowest BCUT2D eigenvalue weighted by molar-refractivity contribution is 0.165. The number of aryl methyl sites for hydroxylation is 1. The van der Waals surface area contributed by atoms with E-state index in [1.807, 2.05) is 29.7 Å². The number of carbonyl (C=O) groups is 1. The summed E-state index contributed by atoms with van der Waals surface area (Å²) in [6, 6.07) is 2.95. The summed E-state index contributed by atoms with van der Waals surface area (Å²) < 4.78 is 1.90. The van der Waals surface area contributed by atoms with Crippen molar-refractivity contribution < 1.29 is 4.79 Å². The Bertz CT molecular complexity index is 836. The number of aromatic nitrogens is 3. The van der Waals surface area contributed by atoms with Crippen LogP contribution >= 0.6 is 0 Å². The highest BCUT2D eigenvalue weighted by atomic mass is 16.2. The lowest BCUT2D eigenvalue weighted by Gasteiger charge is -2.30. The van der Waals surface area contributed by atoms with Crippen LogP contribution in [0.4, 0.5) is 4.79 Å². The van der Waals surface area contributed by atoms with Crippen molar-refractivity contribution in [3.63, 3.8) is 0 Å². The highest BCUT2D eigenvalue weighted by Crippen LogP contribution is 2.30. The fourth-order valence-corrected chi connectivity index (χ4v) is 3.39. The van der Waals surface area contributed by atoms with Crippen molar-refractivity contribution in [1.29, 1.82) is 0 Å². The number of fused-ring (bicyclic) bond motifs is 1. The summed E-state index contributed by atoms with van der Waals surface area (Å²) in [5.41, 5.74) is 2.85. The number of urea groups is 1. The van der Waals surface area contributed by atoms with Gasteiger partial charge in [0.2, 0.25) is 5.56 Å². The lowest BCUT2D eigenvalue weighted by Crippen LogP contribution is -2.44. The fraction of sp³-hybridized carbons (Fsp3) is 0.500. The molecule has 7 nitrogen and oxygen atoms in total. The van der Waals surface area contributed by atoms with E-state index < -0.39 is 0 Å². The van der Waals surface area contributed by atoms with Gasteiger partial charge in [0, 0.05) is 37.1 Å². The first-order valence-corrected chi connectivity index (χ1v) is 8.49. The normalized spacial score (nSPS) is 17.5. The Morgan fingerprint density at radius 1 is 1.44 bits per heavy atom. The molecule has 2 amide bonds. The zero-order valence-corrected chi connectivity index (χ0v) is 15.2. The Morgan fingerprint density at radius 2 is 2.20 bits per heavy atom. The van der Waals surface area contributed by atoms with Crippen LogP contribution in [-0.4, -0.2) is 32.2 Å². The van der Waals surface area contributed by atoms with Crippen LogP contribution in [-0.2, 0) is 20.0 Å². The van der Waals surface area contributed by atoms with E-state index in [0.717, 1.165) is 17.5 Å². The van der Waals surface area contributed by atoms with Gasteiger partial charge in [-0.3, -0.25) is 9.48 Å². The smallest absolute Gasteiger partial charge is 0.318 e. The summed E-state index contributed by atoms with van der Waals surface area (Å²) in [6.45, 7) is 7.41. The van der Waals surface area contributed by atoms with Gasteiger partial charge in [0.25, 0.3) is 0 Å². The second-order valence-corrected chi connectivity index (χ2v) is 7.59. The molecule has 0 aliphatic carbocycles.